The maximum absolute atomic E-state index is 6.12. The highest BCUT2D eigenvalue weighted by Crippen LogP contribution is 2.46. The fourth-order valence-corrected chi connectivity index (χ4v) is 5.49. The number of nitrogens with zero attached hydrogens (tertiary/aromatic N) is 5. The van der Waals surface area contributed by atoms with Gasteiger partial charge in [0, 0.05) is 48.8 Å². The van der Waals surface area contributed by atoms with Crippen molar-refractivity contribution in [2.24, 2.45) is 11.8 Å². The van der Waals surface area contributed by atoms with Crippen molar-refractivity contribution in [2.45, 2.75) is 52.2 Å². The van der Waals surface area contributed by atoms with E-state index in [1.807, 2.05) is 17.8 Å². The predicted molar refractivity (Wildman–Crippen MR) is 125 cm³/mol. The molecule has 3 aliphatic rings. The van der Waals surface area contributed by atoms with Gasteiger partial charge in [-0.3, -0.25) is 4.68 Å². The number of anilines is 2. The van der Waals surface area contributed by atoms with Gasteiger partial charge in [-0.05, 0) is 73.8 Å². The zero-order chi connectivity index (χ0) is 21.8. The van der Waals surface area contributed by atoms with Crippen LogP contribution in [0.2, 0.25) is 0 Å². The molecule has 3 N–H and O–H groups in total. The van der Waals surface area contributed by atoms with E-state index in [0.29, 0.717) is 11.9 Å². The number of aromatic nitrogens is 4. The summed E-state index contributed by atoms with van der Waals surface area (Å²) >= 11 is 0. The summed E-state index contributed by atoms with van der Waals surface area (Å²) in [7, 11) is 0. The Morgan fingerprint density at radius 3 is 2.81 bits per heavy atom. The Morgan fingerprint density at radius 2 is 2.00 bits per heavy atom. The van der Waals surface area contributed by atoms with Gasteiger partial charge in [-0.15, -0.1) is 0 Å². The summed E-state index contributed by atoms with van der Waals surface area (Å²) in [5, 5.41) is 8.28. The fraction of sp³-hybridized carbons (Fsp3) is 0.480. The van der Waals surface area contributed by atoms with Gasteiger partial charge in [0.05, 0.1) is 12.7 Å². The van der Waals surface area contributed by atoms with Crippen LogP contribution in [0.4, 0.5) is 11.6 Å². The topological polar surface area (TPSA) is 84.9 Å². The van der Waals surface area contributed by atoms with E-state index >= 15 is 0 Å². The van der Waals surface area contributed by atoms with Crippen molar-refractivity contribution in [3.8, 4) is 0 Å². The van der Waals surface area contributed by atoms with Gasteiger partial charge >= 0.3 is 0 Å². The van der Waals surface area contributed by atoms with Crippen LogP contribution in [0.3, 0.4) is 0 Å². The number of pyridine rings is 2. The molecule has 0 bridgehead atoms. The van der Waals surface area contributed by atoms with Crippen molar-refractivity contribution in [1.82, 2.24) is 25.1 Å². The van der Waals surface area contributed by atoms with Crippen LogP contribution in [0.5, 0.6) is 0 Å². The lowest BCUT2D eigenvalue weighted by Crippen LogP contribution is -2.23. The van der Waals surface area contributed by atoms with Crippen molar-refractivity contribution in [1.29, 1.82) is 0 Å². The summed E-state index contributed by atoms with van der Waals surface area (Å²) in [6.07, 6.45) is 7.57. The maximum atomic E-state index is 6.12. The van der Waals surface area contributed by atoms with E-state index in [9.17, 15) is 0 Å². The van der Waals surface area contributed by atoms with E-state index < -0.39 is 0 Å². The van der Waals surface area contributed by atoms with Gasteiger partial charge in [-0.2, -0.15) is 5.10 Å². The van der Waals surface area contributed by atoms with E-state index in [4.69, 9.17) is 10.7 Å². The molecule has 1 saturated carbocycles. The van der Waals surface area contributed by atoms with Crippen LogP contribution in [0.25, 0.3) is 0 Å². The first-order valence-electron chi connectivity index (χ1n) is 11.8. The highest BCUT2D eigenvalue weighted by molar-refractivity contribution is 5.50. The van der Waals surface area contributed by atoms with Gasteiger partial charge in [0.2, 0.25) is 0 Å². The number of hydrogen-bond donors (Lipinski definition) is 2. The molecule has 2 fully saturated rings. The second-order valence-corrected chi connectivity index (χ2v) is 9.81. The Morgan fingerprint density at radius 1 is 1.16 bits per heavy atom. The van der Waals surface area contributed by atoms with E-state index in [0.717, 1.165) is 55.0 Å². The molecule has 1 aliphatic heterocycles. The Labute approximate surface area is 189 Å². The van der Waals surface area contributed by atoms with Crippen LogP contribution in [0.1, 0.15) is 52.5 Å². The van der Waals surface area contributed by atoms with Crippen molar-refractivity contribution in [3.63, 3.8) is 0 Å². The molecule has 2 aliphatic carbocycles. The largest absolute Gasteiger partial charge is 0.383 e. The zero-order valence-corrected chi connectivity index (χ0v) is 18.9. The molecule has 3 atom stereocenters. The van der Waals surface area contributed by atoms with E-state index in [1.54, 1.807) is 0 Å². The number of piperidine rings is 1. The Hall–Kier alpha value is -2.93. The second-order valence-electron chi connectivity index (χ2n) is 9.81. The molecule has 7 heteroatoms. The van der Waals surface area contributed by atoms with Gasteiger partial charge in [0.1, 0.15) is 11.6 Å². The monoisotopic (exact) mass is 429 g/mol. The van der Waals surface area contributed by atoms with Gasteiger partial charge in [0.25, 0.3) is 0 Å². The molecule has 1 saturated heterocycles. The summed E-state index contributed by atoms with van der Waals surface area (Å²) in [6.45, 7) is 8.02. The lowest BCUT2D eigenvalue weighted by molar-refractivity contribution is 0.529. The normalized spacial score (nSPS) is 23.4. The van der Waals surface area contributed by atoms with Crippen LogP contribution in [0, 0.1) is 25.7 Å². The van der Waals surface area contributed by atoms with Gasteiger partial charge in [-0.1, -0.05) is 6.07 Å². The Kier molecular flexibility index (Phi) is 4.68. The van der Waals surface area contributed by atoms with Crippen molar-refractivity contribution >= 4 is 11.6 Å². The molecule has 0 radical (unpaired) electrons. The number of nitrogen functional groups attached to an aromatic ring is 1. The van der Waals surface area contributed by atoms with Gasteiger partial charge in [0.15, 0.2) is 0 Å². The molecule has 0 spiro atoms. The number of hydrogen-bond acceptors (Lipinski definition) is 6. The molecule has 0 aromatic carbocycles. The standard InChI is InChI=1S/C25H31N7/c1-15-7-22-21(25(26)29-15)4-5-23(22)27-9-17-10-28-32(11-17)14-18-3-6-24(30-16(18)2)31-12-19-8-20(19)13-31/h3,6-7,10-11,19-20,23,27H,4-5,8-9,12-14H2,1-2H3,(H2,26,29)/t19?,20?,23-/m1/s1. The molecule has 4 heterocycles. The van der Waals surface area contributed by atoms with Gasteiger partial charge < -0.3 is 16.0 Å². The number of aryl methyl sites for hydroxylation is 2. The molecule has 3 aromatic rings. The number of fused-ring (bicyclic) bond motifs is 2. The average molecular weight is 430 g/mol. The first-order valence-corrected chi connectivity index (χ1v) is 11.8. The Balaban J connectivity index is 1.09. The van der Waals surface area contributed by atoms with Gasteiger partial charge in [-0.25, -0.2) is 9.97 Å². The average Bonchev–Trinajstić information content (AvgIpc) is 3.14. The molecule has 7 nitrogen and oxygen atoms in total. The quantitative estimate of drug-likeness (QED) is 0.626. The molecular weight excluding hydrogens is 398 g/mol. The predicted octanol–water partition coefficient (Wildman–Crippen LogP) is 3.15. The Bertz CT molecular complexity index is 1160. The smallest absolute Gasteiger partial charge is 0.128 e. The molecular formula is C25H31N7. The SMILES string of the molecule is Cc1cc2c(c(N)n1)CC[C@H]2NCc1cnn(Cc2ccc(N3CC4CC4C3)nc2C)c1. The fourth-order valence-electron chi connectivity index (χ4n) is 5.49. The van der Waals surface area contributed by atoms with E-state index in [1.165, 1.54) is 41.8 Å². The minimum atomic E-state index is 0.327. The molecule has 3 aromatic heterocycles. The first-order chi connectivity index (χ1) is 15.5. The number of rotatable bonds is 6. The summed E-state index contributed by atoms with van der Waals surface area (Å²) in [5.74, 6) is 3.66. The lowest BCUT2D eigenvalue weighted by atomic mass is 10.1. The van der Waals surface area contributed by atoms with E-state index in [-0.39, 0.29) is 0 Å². The summed E-state index contributed by atoms with van der Waals surface area (Å²) in [5.41, 5.74) is 13.1. The van der Waals surface area contributed by atoms with Crippen LogP contribution < -0.4 is 16.0 Å². The second kappa shape index (κ2) is 7.59. The molecule has 2 unspecified atom stereocenters. The first kappa shape index (κ1) is 19.7. The highest BCUT2D eigenvalue weighted by atomic mass is 15.3. The summed E-state index contributed by atoms with van der Waals surface area (Å²) in [4.78, 5) is 11.7. The molecule has 0 amide bonds. The lowest BCUT2D eigenvalue weighted by Gasteiger charge is -2.20. The van der Waals surface area contributed by atoms with Crippen LogP contribution in [0.15, 0.2) is 30.6 Å². The van der Waals surface area contributed by atoms with Crippen molar-refractivity contribution in [3.05, 3.63) is 64.2 Å². The van der Waals surface area contributed by atoms with Crippen LogP contribution in [-0.2, 0) is 19.5 Å². The third-order valence-corrected chi connectivity index (χ3v) is 7.43. The zero-order valence-electron chi connectivity index (χ0n) is 18.9. The van der Waals surface area contributed by atoms with Crippen LogP contribution in [-0.4, -0.2) is 32.8 Å². The maximum Gasteiger partial charge on any atom is 0.128 e. The third kappa shape index (κ3) is 3.64. The number of nitrogens with two attached hydrogens (primary N) is 1. The molecule has 6 rings (SSSR count). The third-order valence-electron chi connectivity index (χ3n) is 7.43. The molecule has 166 valence electrons. The highest BCUT2D eigenvalue weighted by Gasteiger charge is 2.45. The van der Waals surface area contributed by atoms with Crippen molar-refractivity contribution in [2.75, 3.05) is 23.7 Å². The summed E-state index contributed by atoms with van der Waals surface area (Å²) in [6, 6.07) is 6.90. The van der Waals surface area contributed by atoms with Crippen LogP contribution >= 0.6 is 0 Å². The minimum absolute atomic E-state index is 0.327. The number of nitrogens with one attached hydrogen (secondary N) is 1. The van der Waals surface area contributed by atoms with Crippen molar-refractivity contribution < 1.29 is 0 Å². The minimum Gasteiger partial charge on any atom is -0.383 e. The molecule has 32 heavy (non-hydrogen) atoms. The summed E-state index contributed by atoms with van der Waals surface area (Å²) < 4.78 is 2.01. The van der Waals surface area contributed by atoms with E-state index in [2.05, 4.69) is 51.6 Å².